The molecule has 28 heavy (non-hydrogen) atoms. The van der Waals surface area contributed by atoms with E-state index in [2.05, 4.69) is 25.1 Å². The minimum Gasteiger partial charge on any atom is -0.465 e. The van der Waals surface area contributed by atoms with E-state index < -0.39 is 5.97 Å². The number of aromatic nitrogens is 4. The number of fused-ring (bicyclic) bond motifs is 1. The number of amides is 1. The van der Waals surface area contributed by atoms with Gasteiger partial charge in [-0.25, -0.2) is 14.5 Å². The molecular weight excluding hydrogens is 386 g/mol. The number of aliphatic hydroxyl groups is 1. The van der Waals surface area contributed by atoms with Gasteiger partial charge >= 0.3 is 5.97 Å². The van der Waals surface area contributed by atoms with Crippen molar-refractivity contribution in [2.45, 2.75) is 11.7 Å². The maximum Gasteiger partial charge on any atom is 0.337 e. The van der Waals surface area contributed by atoms with E-state index in [0.29, 0.717) is 22.3 Å². The van der Waals surface area contributed by atoms with Gasteiger partial charge in [0.05, 0.1) is 37.8 Å². The summed E-state index contributed by atoms with van der Waals surface area (Å²) in [6.07, 6.45) is 1.38. The molecule has 0 fully saturated rings. The molecule has 0 spiro atoms. The molecular formula is C17H17N5O5S. The highest BCUT2D eigenvalue weighted by molar-refractivity contribution is 7.99. The van der Waals surface area contributed by atoms with E-state index in [-0.39, 0.29) is 35.5 Å². The normalized spacial score (nSPS) is 10.8. The van der Waals surface area contributed by atoms with Gasteiger partial charge in [-0.3, -0.25) is 9.59 Å². The molecule has 146 valence electrons. The van der Waals surface area contributed by atoms with Crippen LogP contribution in [-0.2, 0) is 16.1 Å². The van der Waals surface area contributed by atoms with Crippen LogP contribution in [0.15, 0.2) is 40.4 Å². The highest BCUT2D eigenvalue weighted by atomic mass is 32.2. The first kappa shape index (κ1) is 19.6. The Balaban J connectivity index is 1.65. The smallest absolute Gasteiger partial charge is 0.337 e. The molecule has 0 aliphatic heterocycles. The van der Waals surface area contributed by atoms with E-state index in [0.717, 1.165) is 11.8 Å². The van der Waals surface area contributed by atoms with Crippen molar-refractivity contribution in [1.29, 1.82) is 0 Å². The van der Waals surface area contributed by atoms with E-state index in [1.54, 1.807) is 24.3 Å². The third kappa shape index (κ3) is 4.38. The van der Waals surface area contributed by atoms with Gasteiger partial charge in [0.2, 0.25) is 5.91 Å². The number of H-pyrrole nitrogens is 1. The molecule has 0 bridgehead atoms. The number of hydrogen-bond acceptors (Lipinski definition) is 8. The lowest BCUT2D eigenvalue weighted by Gasteiger charge is -2.06. The largest absolute Gasteiger partial charge is 0.465 e. The summed E-state index contributed by atoms with van der Waals surface area (Å²) in [5.41, 5.74) is 0.884. The minimum atomic E-state index is -0.459. The van der Waals surface area contributed by atoms with Gasteiger partial charge in [0, 0.05) is 5.69 Å². The summed E-state index contributed by atoms with van der Waals surface area (Å²) in [4.78, 5) is 42.5. The maximum absolute atomic E-state index is 12.1. The van der Waals surface area contributed by atoms with E-state index in [1.165, 1.54) is 18.0 Å². The third-order valence-electron chi connectivity index (χ3n) is 3.73. The average molecular weight is 403 g/mol. The van der Waals surface area contributed by atoms with Gasteiger partial charge in [0.25, 0.3) is 5.56 Å². The number of nitrogens with zero attached hydrogens (tertiary/aromatic N) is 3. The van der Waals surface area contributed by atoms with E-state index in [9.17, 15) is 14.4 Å². The summed E-state index contributed by atoms with van der Waals surface area (Å²) in [6, 6.07) is 6.27. The van der Waals surface area contributed by atoms with Crippen molar-refractivity contribution in [3.05, 3.63) is 46.4 Å². The zero-order valence-corrected chi connectivity index (χ0v) is 15.7. The maximum atomic E-state index is 12.1. The average Bonchev–Trinajstić information content (AvgIpc) is 3.10. The summed E-state index contributed by atoms with van der Waals surface area (Å²) in [6.45, 7) is 0.0804. The van der Waals surface area contributed by atoms with Crippen molar-refractivity contribution in [1.82, 2.24) is 19.7 Å². The van der Waals surface area contributed by atoms with Crippen LogP contribution < -0.4 is 10.9 Å². The van der Waals surface area contributed by atoms with Crippen molar-refractivity contribution in [2.24, 2.45) is 0 Å². The Kier molecular flexibility index (Phi) is 6.06. The standard InChI is InChI=1S/C17H17N5O5S/c1-27-16(26)10-2-4-11(5-3-10)19-13(24)9-28-17-20-14-12(15(25)21-17)8-18-22(14)6-7-23/h2-5,8,23H,6-7,9H2,1H3,(H,19,24)(H,20,21,25). The molecule has 1 amide bonds. The first-order chi connectivity index (χ1) is 13.5. The summed E-state index contributed by atoms with van der Waals surface area (Å²) >= 11 is 1.06. The molecule has 3 rings (SSSR count). The number of aliphatic hydroxyl groups excluding tert-OH is 1. The van der Waals surface area contributed by atoms with Gasteiger partial charge in [-0.1, -0.05) is 11.8 Å². The monoisotopic (exact) mass is 403 g/mol. The topological polar surface area (TPSA) is 139 Å². The number of hydrogen-bond donors (Lipinski definition) is 3. The fourth-order valence-electron chi connectivity index (χ4n) is 2.41. The van der Waals surface area contributed by atoms with Crippen LogP contribution in [0.5, 0.6) is 0 Å². The van der Waals surface area contributed by atoms with Crippen LogP contribution >= 0.6 is 11.8 Å². The zero-order chi connectivity index (χ0) is 20.1. The van der Waals surface area contributed by atoms with Crippen LogP contribution in [0.2, 0.25) is 0 Å². The number of rotatable bonds is 7. The number of aromatic amines is 1. The Morgan fingerprint density at radius 1 is 1.32 bits per heavy atom. The zero-order valence-electron chi connectivity index (χ0n) is 14.8. The number of thioether (sulfide) groups is 1. The Labute approximate surface area is 162 Å². The molecule has 0 saturated carbocycles. The number of carbonyl (C=O) groups is 2. The molecule has 2 aromatic heterocycles. The van der Waals surface area contributed by atoms with Crippen LogP contribution in [0.4, 0.5) is 5.69 Å². The van der Waals surface area contributed by atoms with Crippen LogP contribution in [0.25, 0.3) is 11.0 Å². The number of benzene rings is 1. The van der Waals surface area contributed by atoms with Gasteiger partial charge in [0.1, 0.15) is 5.39 Å². The first-order valence-electron chi connectivity index (χ1n) is 8.19. The van der Waals surface area contributed by atoms with Crippen LogP contribution in [0.1, 0.15) is 10.4 Å². The first-order valence-corrected chi connectivity index (χ1v) is 9.18. The van der Waals surface area contributed by atoms with Crippen molar-refractivity contribution >= 4 is 40.4 Å². The Morgan fingerprint density at radius 2 is 2.07 bits per heavy atom. The molecule has 3 N–H and O–H groups in total. The fraction of sp³-hybridized carbons (Fsp3) is 0.235. The highest BCUT2D eigenvalue weighted by Gasteiger charge is 2.12. The molecule has 0 aliphatic rings. The number of anilines is 1. The number of nitrogens with one attached hydrogen (secondary N) is 2. The second-order valence-corrected chi connectivity index (χ2v) is 6.57. The molecule has 11 heteroatoms. The van der Waals surface area contributed by atoms with Crippen molar-refractivity contribution in [3.63, 3.8) is 0 Å². The lowest BCUT2D eigenvalue weighted by atomic mass is 10.2. The van der Waals surface area contributed by atoms with Gasteiger partial charge < -0.3 is 20.1 Å². The van der Waals surface area contributed by atoms with Gasteiger partial charge in [0.15, 0.2) is 10.8 Å². The van der Waals surface area contributed by atoms with Gasteiger partial charge in [-0.15, -0.1) is 0 Å². The molecule has 0 aliphatic carbocycles. The molecule has 1 aromatic carbocycles. The number of esters is 1. The fourth-order valence-corrected chi connectivity index (χ4v) is 3.07. The van der Waals surface area contributed by atoms with Gasteiger partial charge in [-0.2, -0.15) is 5.10 Å². The second kappa shape index (κ2) is 8.67. The molecule has 0 radical (unpaired) electrons. The number of carbonyl (C=O) groups excluding carboxylic acids is 2. The lowest BCUT2D eigenvalue weighted by molar-refractivity contribution is -0.113. The van der Waals surface area contributed by atoms with Crippen molar-refractivity contribution in [2.75, 3.05) is 24.8 Å². The Bertz CT molecular complexity index is 1060. The van der Waals surface area contributed by atoms with Crippen LogP contribution in [0.3, 0.4) is 0 Å². The van der Waals surface area contributed by atoms with E-state index in [1.807, 2.05) is 0 Å². The second-order valence-electron chi connectivity index (χ2n) is 5.61. The third-order valence-corrected chi connectivity index (χ3v) is 4.60. The molecule has 3 aromatic rings. The highest BCUT2D eigenvalue weighted by Crippen LogP contribution is 2.16. The Hall–Kier alpha value is -3.18. The van der Waals surface area contributed by atoms with Crippen LogP contribution in [-0.4, -0.2) is 56.2 Å². The quantitative estimate of drug-likeness (QED) is 0.297. The van der Waals surface area contributed by atoms with E-state index in [4.69, 9.17) is 5.11 Å². The van der Waals surface area contributed by atoms with Crippen molar-refractivity contribution < 1.29 is 19.4 Å². The summed E-state index contributed by atoms with van der Waals surface area (Å²) in [7, 11) is 1.29. The summed E-state index contributed by atoms with van der Waals surface area (Å²) < 4.78 is 6.05. The molecule has 10 nitrogen and oxygen atoms in total. The number of methoxy groups -OCH3 is 1. The lowest BCUT2D eigenvalue weighted by Crippen LogP contribution is -2.16. The molecule has 0 saturated heterocycles. The molecule has 2 heterocycles. The summed E-state index contributed by atoms with van der Waals surface area (Å²) in [5.74, 6) is -0.747. The van der Waals surface area contributed by atoms with E-state index >= 15 is 0 Å². The van der Waals surface area contributed by atoms with Crippen LogP contribution in [0, 0.1) is 0 Å². The molecule has 0 unspecified atom stereocenters. The summed E-state index contributed by atoms with van der Waals surface area (Å²) in [5, 5.41) is 16.3. The van der Waals surface area contributed by atoms with Gasteiger partial charge in [-0.05, 0) is 24.3 Å². The minimum absolute atomic E-state index is 0.0152. The predicted molar refractivity (Wildman–Crippen MR) is 102 cm³/mol. The number of ether oxygens (including phenoxy) is 1. The molecule has 0 atom stereocenters. The Morgan fingerprint density at radius 3 is 2.75 bits per heavy atom. The SMILES string of the molecule is COC(=O)c1ccc(NC(=O)CSc2nc3c(cnn3CCO)c(=O)[nH]2)cc1. The predicted octanol–water partition coefficient (Wildman–Crippen LogP) is 0.629. The van der Waals surface area contributed by atoms with Crippen molar-refractivity contribution in [3.8, 4) is 0 Å².